The minimum atomic E-state index is 0.0407. The molecule has 0 heterocycles. The van der Waals surface area contributed by atoms with Crippen molar-refractivity contribution in [2.45, 2.75) is 13.8 Å². The van der Waals surface area contributed by atoms with E-state index in [0.717, 1.165) is 15.8 Å². The van der Waals surface area contributed by atoms with Gasteiger partial charge in [0.1, 0.15) is 17.3 Å². The van der Waals surface area contributed by atoms with E-state index in [1.165, 1.54) is 5.56 Å². The van der Waals surface area contributed by atoms with Crippen LogP contribution in [0.15, 0.2) is 40.9 Å². The van der Waals surface area contributed by atoms with E-state index in [4.69, 9.17) is 15.9 Å². The van der Waals surface area contributed by atoms with E-state index in [1.54, 1.807) is 12.1 Å². The second kappa shape index (κ2) is 5.45. The van der Waals surface area contributed by atoms with Gasteiger partial charge in [-0.25, -0.2) is 0 Å². The zero-order chi connectivity index (χ0) is 14.0. The first-order valence-corrected chi connectivity index (χ1v) is 6.66. The summed E-state index contributed by atoms with van der Waals surface area (Å²) in [6.45, 7) is 4.08. The van der Waals surface area contributed by atoms with Gasteiger partial charge in [-0.05, 0) is 65.2 Å². The molecule has 0 saturated heterocycles. The second-order valence-corrected chi connectivity index (χ2v) is 5.21. The van der Waals surface area contributed by atoms with Crippen LogP contribution < -0.4 is 10.5 Å². The normalized spacial score (nSPS) is 10.3. The SMILES string of the molecule is Cc1cccc(Oc2ccc(C(=N)N)cc2Br)c1C. The lowest BCUT2D eigenvalue weighted by Crippen LogP contribution is -2.10. The molecule has 0 spiro atoms. The molecular weight excluding hydrogens is 304 g/mol. The highest BCUT2D eigenvalue weighted by Crippen LogP contribution is 2.32. The van der Waals surface area contributed by atoms with Crippen LogP contribution in [-0.4, -0.2) is 5.84 Å². The molecule has 0 unspecified atom stereocenters. The van der Waals surface area contributed by atoms with E-state index in [1.807, 2.05) is 25.1 Å². The van der Waals surface area contributed by atoms with Crippen molar-refractivity contribution in [2.24, 2.45) is 5.73 Å². The Balaban J connectivity index is 2.34. The molecule has 3 nitrogen and oxygen atoms in total. The number of hydrogen-bond acceptors (Lipinski definition) is 2. The number of hydrogen-bond donors (Lipinski definition) is 2. The Morgan fingerprint density at radius 3 is 2.53 bits per heavy atom. The molecule has 0 aliphatic heterocycles. The Hall–Kier alpha value is -1.81. The average Bonchev–Trinajstić information content (AvgIpc) is 2.37. The maximum absolute atomic E-state index is 7.40. The fraction of sp³-hybridized carbons (Fsp3) is 0.133. The molecule has 0 radical (unpaired) electrons. The molecule has 0 atom stereocenters. The van der Waals surface area contributed by atoms with E-state index < -0.39 is 0 Å². The molecule has 0 amide bonds. The molecule has 4 heteroatoms. The third-order valence-corrected chi connectivity index (χ3v) is 3.64. The standard InChI is InChI=1S/C15H15BrN2O/c1-9-4-3-5-13(10(9)2)19-14-7-6-11(15(17)18)8-12(14)16/h3-8H,1-2H3,(H3,17,18). The van der Waals surface area contributed by atoms with Crippen LogP contribution >= 0.6 is 15.9 Å². The van der Waals surface area contributed by atoms with Crippen LogP contribution in [0.25, 0.3) is 0 Å². The molecule has 0 aromatic heterocycles. The number of aryl methyl sites for hydroxylation is 1. The van der Waals surface area contributed by atoms with Gasteiger partial charge in [0.2, 0.25) is 0 Å². The zero-order valence-corrected chi connectivity index (χ0v) is 12.4. The molecule has 98 valence electrons. The van der Waals surface area contributed by atoms with Crippen molar-refractivity contribution < 1.29 is 4.74 Å². The summed E-state index contributed by atoms with van der Waals surface area (Å²) in [5.41, 5.74) is 8.42. The Kier molecular flexibility index (Phi) is 3.90. The van der Waals surface area contributed by atoms with Crippen molar-refractivity contribution in [3.8, 4) is 11.5 Å². The molecule has 0 saturated carbocycles. The first-order chi connectivity index (χ1) is 8.99. The van der Waals surface area contributed by atoms with Crippen molar-refractivity contribution in [1.29, 1.82) is 5.41 Å². The van der Waals surface area contributed by atoms with Crippen molar-refractivity contribution >= 4 is 21.8 Å². The smallest absolute Gasteiger partial charge is 0.141 e. The van der Waals surface area contributed by atoms with Crippen molar-refractivity contribution in [3.63, 3.8) is 0 Å². The van der Waals surface area contributed by atoms with Gasteiger partial charge in [-0.2, -0.15) is 0 Å². The van der Waals surface area contributed by atoms with Gasteiger partial charge in [0, 0.05) is 5.56 Å². The Labute approximate surface area is 121 Å². The van der Waals surface area contributed by atoms with E-state index in [9.17, 15) is 0 Å². The molecule has 2 rings (SSSR count). The number of nitrogens with two attached hydrogens (primary N) is 1. The molecular formula is C15H15BrN2O. The number of amidine groups is 1. The number of benzene rings is 2. The summed E-state index contributed by atoms with van der Waals surface area (Å²) in [6, 6.07) is 11.3. The molecule has 0 bridgehead atoms. The first-order valence-electron chi connectivity index (χ1n) is 5.87. The minimum absolute atomic E-state index is 0.0407. The van der Waals surface area contributed by atoms with Gasteiger partial charge in [0.15, 0.2) is 0 Å². The predicted molar refractivity (Wildman–Crippen MR) is 81.1 cm³/mol. The summed E-state index contributed by atoms with van der Waals surface area (Å²) < 4.78 is 6.68. The number of ether oxygens (including phenoxy) is 1. The predicted octanol–water partition coefficient (Wildman–Crippen LogP) is 4.14. The summed E-state index contributed by atoms with van der Waals surface area (Å²) in [4.78, 5) is 0. The van der Waals surface area contributed by atoms with Crippen molar-refractivity contribution in [2.75, 3.05) is 0 Å². The lowest BCUT2D eigenvalue weighted by molar-refractivity contribution is 0.475. The molecule has 2 aromatic rings. The third-order valence-electron chi connectivity index (χ3n) is 3.02. The molecule has 3 N–H and O–H groups in total. The van der Waals surface area contributed by atoms with Crippen molar-refractivity contribution in [3.05, 3.63) is 57.6 Å². The lowest BCUT2D eigenvalue weighted by atomic mass is 10.1. The highest BCUT2D eigenvalue weighted by atomic mass is 79.9. The quantitative estimate of drug-likeness (QED) is 0.660. The minimum Gasteiger partial charge on any atom is -0.456 e. The van der Waals surface area contributed by atoms with Crippen molar-refractivity contribution in [1.82, 2.24) is 0 Å². The van der Waals surface area contributed by atoms with E-state index in [-0.39, 0.29) is 5.84 Å². The maximum Gasteiger partial charge on any atom is 0.141 e. The second-order valence-electron chi connectivity index (χ2n) is 4.36. The van der Waals surface area contributed by atoms with Gasteiger partial charge < -0.3 is 10.5 Å². The van der Waals surface area contributed by atoms with Gasteiger partial charge in [0.25, 0.3) is 0 Å². The Morgan fingerprint density at radius 1 is 1.16 bits per heavy atom. The van der Waals surface area contributed by atoms with Gasteiger partial charge in [-0.3, -0.25) is 5.41 Å². The number of nitrogens with one attached hydrogen (secondary N) is 1. The van der Waals surface area contributed by atoms with E-state index >= 15 is 0 Å². The summed E-state index contributed by atoms with van der Waals surface area (Å²) >= 11 is 3.44. The van der Waals surface area contributed by atoms with Crippen LogP contribution in [-0.2, 0) is 0 Å². The summed E-state index contributed by atoms with van der Waals surface area (Å²) in [5.74, 6) is 1.58. The van der Waals surface area contributed by atoms with Gasteiger partial charge >= 0.3 is 0 Å². The summed E-state index contributed by atoms with van der Waals surface area (Å²) in [5, 5.41) is 7.40. The largest absolute Gasteiger partial charge is 0.456 e. The van der Waals surface area contributed by atoms with Crippen LogP contribution in [0, 0.1) is 19.3 Å². The van der Waals surface area contributed by atoms with Crippen LogP contribution in [0.5, 0.6) is 11.5 Å². The summed E-state index contributed by atoms with van der Waals surface area (Å²) in [6.07, 6.45) is 0. The zero-order valence-electron chi connectivity index (χ0n) is 10.8. The van der Waals surface area contributed by atoms with Gasteiger partial charge in [-0.15, -0.1) is 0 Å². The first kappa shape index (κ1) is 13.6. The Bertz CT molecular complexity index is 638. The molecule has 2 aromatic carbocycles. The monoisotopic (exact) mass is 318 g/mol. The van der Waals surface area contributed by atoms with Crippen LogP contribution in [0.4, 0.5) is 0 Å². The van der Waals surface area contributed by atoms with Crippen LogP contribution in [0.2, 0.25) is 0 Å². The molecule has 0 aliphatic rings. The molecule has 19 heavy (non-hydrogen) atoms. The maximum atomic E-state index is 7.40. The fourth-order valence-corrected chi connectivity index (χ4v) is 2.16. The number of halogens is 1. The van der Waals surface area contributed by atoms with Crippen LogP contribution in [0.1, 0.15) is 16.7 Å². The molecule has 0 aliphatic carbocycles. The highest BCUT2D eigenvalue weighted by Gasteiger charge is 2.08. The topological polar surface area (TPSA) is 59.1 Å². The highest BCUT2D eigenvalue weighted by molar-refractivity contribution is 9.10. The van der Waals surface area contributed by atoms with Gasteiger partial charge in [0.05, 0.1) is 4.47 Å². The fourth-order valence-electron chi connectivity index (χ4n) is 1.70. The average molecular weight is 319 g/mol. The molecule has 0 fully saturated rings. The van der Waals surface area contributed by atoms with Gasteiger partial charge in [-0.1, -0.05) is 12.1 Å². The number of rotatable bonds is 3. The lowest BCUT2D eigenvalue weighted by Gasteiger charge is -2.12. The van der Waals surface area contributed by atoms with Crippen LogP contribution in [0.3, 0.4) is 0 Å². The number of nitrogen functional groups attached to an aromatic ring is 1. The van der Waals surface area contributed by atoms with E-state index in [2.05, 4.69) is 28.9 Å². The van der Waals surface area contributed by atoms with E-state index in [0.29, 0.717) is 11.3 Å². The summed E-state index contributed by atoms with van der Waals surface area (Å²) in [7, 11) is 0. The Morgan fingerprint density at radius 2 is 1.89 bits per heavy atom. The third kappa shape index (κ3) is 2.96.